The number of benzene rings is 2. The summed E-state index contributed by atoms with van der Waals surface area (Å²) in [4.78, 5) is 33.0. The van der Waals surface area contributed by atoms with Crippen molar-refractivity contribution in [3.05, 3.63) is 70.0 Å². The van der Waals surface area contributed by atoms with Crippen molar-refractivity contribution in [2.24, 2.45) is 0 Å². The number of rotatable bonds is 17. The maximum absolute atomic E-state index is 12.9. The van der Waals surface area contributed by atoms with Crippen LogP contribution in [0.25, 0.3) is 11.4 Å². The second-order valence-corrected chi connectivity index (χ2v) is 10.4. The molecule has 1 heterocycles. The topological polar surface area (TPSA) is 130 Å². The van der Waals surface area contributed by atoms with Gasteiger partial charge in [-0.15, -0.1) is 0 Å². The number of hydrogen-bond acceptors (Lipinski definition) is 8. The van der Waals surface area contributed by atoms with Crippen molar-refractivity contribution < 1.29 is 19.2 Å². The first kappa shape index (κ1) is 31.5. The van der Waals surface area contributed by atoms with Gasteiger partial charge >= 0.3 is 5.97 Å². The molecule has 3 aromatic rings. The number of nitrogen functional groups attached to an aromatic ring is 1. The highest BCUT2D eigenvalue weighted by Crippen LogP contribution is 2.33. The minimum atomic E-state index is -0.880. The molecule has 0 saturated heterocycles. The lowest BCUT2D eigenvalue weighted by Gasteiger charge is -2.17. The van der Waals surface area contributed by atoms with Gasteiger partial charge in [-0.1, -0.05) is 58.8 Å². The van der Waals surface area contributed by atoms with E-state index in [0.29, 0.717) is 5.82 Å². The van der Waals surface area contributed by atoms with Crippen LogP contribution < -0.4 is 15.2 Å². The molecule has 0 unspecified atom stereocenters. The molecule has 0 aliphatic heterocycles. The maximum Gasteiger partial charge on any atom is 0.350 e. The van der Waals surface area contributed by atoms with Crippen LogP contribution in [-0.4, -0.2) is 27.0 Å². The van der Waals surface area contributed by atoms with Gasteiger partial charge in [0.15, 0.2) is 5.82 Å². The van der Waals surface area contributed by atoms with Crippen LogP contribution in [0.5, 0.6) is 11.5 Å². The van der Waals surface area contributed by atoms with E-state index in [1.54, 1.807) is 24.3 Å². The largest absolute Gasteiger partial charge is 0.488 e. The van der Waals surface area contributed by atoms with E-state index in [-0.39, 0.29) is 28.9 Å². The van der Waals surface area contributed by atoms with Gasteiger partial charge in [-0.05, 0) is 68.5 Å². The molecule has 0 spiro atoms. The Morgan fingerprint density at radius 3 is 2.22 bits per heavy atom. The lowest BCUT2D eigenvalue weighted by Crippen LogP contribution is -2.15. The standard InChI is InChI=1S/C32H42N4O5/c1-4-6-8-10-12-14-24-21-34-31(35-22-24)25-15-17-26(18-16-25)41-32(37)27-19-28(33)30(20-29(27)36(38)39)40-23(3)13-11-9-7-5-2/h15-23H,4-14,33H2,1-3H3/t23-/m1/s1. The molecule has 0 bridgehead atoms. The summed E-state index contributed by atoms with van der Waals surface area (Å²) >= 11 is 0. The van der Waals surface area contributed by atoms with E-state index >= 15 is 0 Å². The molecule has 0 amide bonds. The predicted octanol–water partition coefficient (Wildman–Crippen LogP) is 8.10. The third-order valence-electron chi connectivity index (χ3n) is 6.93. The van der Waals surface area contributed by atoms with E-state index in [9.17, 15) is 14.9 Å². The molecule has 0 radical (unpaired) electrons. The maximum atomic E-state index is 12.9. The molecule has 1 atom stereocenters. The van der Waals surface area contributed by atoms with E-state index in [2.05, 4.69) is 23.8 Å². The smallest absolute Gasteiger partial charge is 0.350 e. The molecule has 3 rings (SSSR count). The molecule has 0 fully saturated rings. The summed E-state index contributed by atoms with van der Waals surface area (Å²) in [6.45, 7) is 6.25. The lowest BCUT2D eigenvalue weighted by molar-refractivity contribution is -0.385. The third-order valence-corrected chi connectivity index (χ3v) is 6.93. The Kier molecular flexibility index (Phi) is 12.5. The Morgan fingerprint density at radius 2 is 1.59 bits per heavy atom. The van der Waals surface area contributed by atoms with Crippen LogP contribution in [0.2, 0.25) is 0 Å². The number of anilines is 1. The molecule has 220 valence electrons. The summed E-state index contributed by atoms with van der Waals surface area (Å²) in [5, 5.41) is 11.8. The second kappa shape index (κ2) is 16.3. The molecule has 0 saturated carbocycles. The molecule has 0 aliphatic rings. The number of carbonyl (C=O) groups is 1. The average Bonchev–Trinajstić information content (AvgIpc) is 2.96. The molecular weight excluding hydrogens is 520 g/mol. The molecule has 1 aromatic heterocycles. The number of unbranched alkanes of at least 4 members (excludes halogenated alkanes) is 7. The van der Waals surface area contributed by atoms with Gasteiger partial charge in [0.25, 0.3) is 5.69 Å². The van der Waals surface area contributed by atoms with Crippen molar-refractivity contribution in [2.75, 3.05) is 5.73 Å². The highest BCUT2D eigenvalue weighted by atomic mass is 16.6. The van der Waals surface area contributed by atoms with Gasteiger partial charge in [0.05, 0.1) is 22.8 Å². The van der Waals surface area contributed by atoms with Gasteiger partial charge in [-0.2, -0.15) is 0 Å². The van der Waals surface area contributed by atoms with E-state index < -0.39 is 16.6 Å². The Morgan fingerprint density at radius 1 is 0.951 bits per heavy atom. The van der Waals surface area contributed by atoms with Crippen molar-refractivity contribution in [3.63, 3.8) is 0 Å². The van der Waals surface area contributed by atoms with Crippen LogP contribution in [0.3, 0.4) is 0 Å². The van der Waals surface area contributed by atoms with E-state index in [0.717, 1.165) is 56.1 Å². The Hall–Kier alpha value is -4.01. The van der Waals surface area contributed by atoms with Crippen LogP contribution in [0, 0.1) is 10.1 Å². The third kappa shape index (κ3) is 9.84. The quantitative estimate of drug-likeness (QED) is 0.0436. The second-order valence-electron chi connectivity index (χ2n) is 10.4. The van der Waals surface area contributed by atoms with Crippen molar-refractivity contribution in [1.29, 1.82) is 0 Å². The van der Waals surface area contributed by atoms with Gasteiger partial charge in [0, 0.05) is 18.0 Å². The summed E-state index contributed by atoms with van der Waals surface area (Å²) < 4.78 is 11.3. The van der Waals surface area contributed by atoms with Gasteiger partial charge in [0.2, 0.25) is 0 Å². The zero-order valence-electron chi connectivity index (χ0n) is 24.4. The normalized spacial score (nSPS) is 11.7. The first-order valence-corrected chi connectivity index (χ1v) is 14.7. The van der Waals surface area contributed by atoms with Crippen molar-refractivity contribution in [1.82, 2.24) is 9.97 Å². The summed E-state index contributed by atoms with van der Waals surface area (Å²) in [7, 11) is 0. The van der Waals surface area contributed by atoms with Gasteiger partial charge in [0.1, 0.15) is 17.1 Å². The van der Waals surface area contributed by atoms with Crippen LogP contribution >= 0.6 is 0 Å². The van der Waals surface area contributed by atoms with E-state index in [1.165, 1.54) is 37.8 Å². The van der Waals surface area contributed by atoms with Crippen molar-refractivity contribution in [2.45, 2.75) is 97.5 Å². The highest BCUT2D eigenvalue weighted by Gasteiger charge is 2.26. The highest BCUT2D eigenvalue weighted by molar-refractivity contribution is 5.97. The van der Waals surface area contributed by atoms with Crippen LogP contribution in [0.4, 0.5) is 11.4 Å². The number of aryl methyl sites for hydroxylation is 1. The Labute approximate surface area is 242 Å². The molecular formula is C32H42N4O5. The molecule has 41 heavy (non-hydrogen) atoms. The summed E-state index contributed by atoms with van der Waals surface area (Å²) in [5.74, 6) is 0.102. The fourth-order valence-electron chi connectivity index (χ4n) is 4.54. The number of nitro benzene ring substituents is 1. The van der Waals surface area contributed by atoms with Crippen LogP contribution in [-0.2, 0) is 6.42 Å². The lowest BCUT2D eigenvalue weighted by atomic mass is 10.1. The minimum absolute atomic E-state index is 0.139. The van der Waals surface area contributed by atoms with Gasteiger partial charge in [-0.25, -0.2) is 14.8 Å². The number of carbonyl (C=O) groups excluding carboxylic acids is 1. The van der Waals surface area contributed by atoms with E-state index in [1.807, 2.05) is 19.3 Å². The van der Waals surface area contributed by atoms with Crippen LogP contribution in [0.1, 0.15) is 101 Å². The Bertz CT molecular complexity index is 1260. The zero-order chi connectivity index (χ0) is 29.6. The van der Waals surface area contributed by atoms with E-state index in [4.69, 9.17) is 15.2 Å². The number of esters is 1. The number of hydrogen-bond donors (Lipinski definition) is 1. The molecule has 2 N–H and O–H groups in total. The first-order chi connectivity index (χ1) is 19.8. The number of nitrogens with zero attached hydrogens (tertiary/aromatic N) is 3. The summed E-state index contributed by atoms with van der Waals surface area (Å²) in [5.41, 5.74) is 7.46. The molecule has 2 aromatic carbocycles. The van der Waals surface area contributed by atoms with Gasteiger partial charge in [-0.3, -0.25) is 10.1 Å². The van der Waals surface area contributed by atoms with Gasteiger partial charge < -0.3 is 15.2 Å². The summed E-state index contributed by atoms with van der Waals surface area (Å²) in [6.07, 6.45) is 15.8. The zero-order valence-corrected chi connectivity index (χ0v) is 24.4. The summed E-state index contributed by atoms with van der Waals surface area (Å²) in [6, 6.07) is 9.13. The number of aromatic nitrogens is 2. The predicted molar refractivity (Wildman–Crippen MR) is 161 cm³/mol. The Balaban J connectivity index is 1.63. The number of nitro groups is 1. The molecule has 0 aliphatic carbocycles. The fourth-order valence-corrected chi connectivity index (χ4v) is 4.54. The van der Waals surface area contributed by atoms with Crippen molar-refractivity contribution >= 4 is 17.3 Å². The monoisotopic (exact) mass is 562 g/mol. The fraction of sp³-hybridized carbons (Fsp3) is 0.469. The SMILES string of the molecule is CCCCCCCc1cnc(-c2ccc(OC(=O)c3cc(N)c(O[C@H](C)CCCCCC)cc3[N+](=O)[O-])cc2)nc1. The minimum Gasteiger partial charge on any atom is -0.488 e. The first-order valence-electron chi connectivity index (χ1n) is 14.7. The molecule has 9 nitrogen and oxygen atoms in total. The number of ether oxygens (including phenoxy) is 2. The average molecular weight is 563 g/mol. The molecule has 9 heteroatoms. The van der Waals surface area contributed by atoms with Crippen molar-refractivity contribution in [3.8, 4) is 22.9 Å². The van der Waals surface area contributed by atoms with Crippen LogP contribution in [0.15, 0.2) is 48.8 Å². The number of nitrogens with two attached hydrogens (primary N) is 1.